The van der Waals surface area contributed by atoms with Crippen LogP contribution in [0.15, 0.2) is 53.9 Å². The third kappa shape index (κ3) is 4.15. The van der Waals surface area contributed by atoms with E-state index < -0.39 is 0 Å². The Morgan fingerprint density at radius 3 is 2.00 bits per heavy atom. The molecular formula is C18H24N3+. The molecule has 1 heterocycles. The molecule has 0 spiro atoms. The van der Waals surface area contributed by atoms with Crippen LogP contribution in [0.4, 0.5) is 5.69 Å². The van der Waals surface area contributed by atoms with Crippen LogP contribution in [0.5, 0.6) is 0 Å². The molecule has 0 saturated carbocycles. The minimum atomic E-state index is 0.171. The van der Waals surface area contributed by atoms with Crippen LogP contribution in [-0.2, 0) is 5.41 Å². The van der Waals surface area contributed by atoms with E-state index in [0.29, 0.717) is 0 Å². The number of nitrogens with zero attached hydrogens (tertiary/aromatic N) is 3. The first-order chi connectivity index (χ1) is 9.86. The maximum atomic E-state index is 4.45. The van der Waals surface area contributed by atoms with Crippen LogP contribution in [0.2, 0.25) is 0 Å². The molecule has 1 aromatic heterocycles. The van der Waals surface area contributed by atoms with E-state index in [1.807, 2.05) is 37.4 Å². The van der Waals surface area contributed by atoms with Crippen LogP contribution in [-0.4, -0.2) is 20.3 Å². The fourth-order valence-corrected chi connectivity index (χ4v) is 1.99. The molecule has 0 fully saturated rings. The van der Waals surface area contributed by atoms with Gasteiger partial charge < -0.3 is 4.90 Å². The third-order valence-corrected chi connectivity index (χ3v) is 3.43. The normalized spacial score (nSPS) is 11.9. The summed E-state index contributed by atoms with van der Waals surface area (Å²) in [5.74, 6) is 0. The van der Waals surface area contributed by atoms with Crippen molar-refractivity contribution in [3.63, 3.8) is 0 Å². The van der Waals surface area contributed by atoms with Crippen LogP contribution in [0.25, 0.3) is 0 Å². The second-order valence-electron chi connectivity index (χ2n) is 6.45. The van der Waals surface area contributed by atoms with E-state index in [0.717, 1.165) is 5.56 Å². The molecule has 1 aromatic carbocycles. The second-order valence-corrected chi connectivity index (χ2v) is 6.45. The Bertz CT molecular complexity index is 602. The highest BCUT2D eigenvalue weighted by Gasteiger charge is 2.14. The fourth-order valence-electron chi connectivity index (χ4n) is 1.99. The molecule has 0 aliphatic heterocycles. The van der Waals surface area contributed by atoms with Gasteiger partial charge in [-0.25, -0.2) is 0 Å². The Hall–Kier alpha value is -2.16. The van der Waals surface area contributed by atoms with Gasteiger partial charge in [0.05, 0.1) is 0 Å². The van der Waals surface area contributed by atoms with Gasteiger partial charge in [-0.2, -0.15) is 0 Å². The smallest absolute Gasteiger partial charge is 0.202 e. The second kappa shape index (κ2) is 6.08. The summed E-state index contributed by atoms with van der Waals surface area (Å²) in [5.41, 5.74) is 3.76. The Labute approximate surface area is 127 Å². The molecule has 0 N–H and O–H groups in total. The molecule has 0 saturated heterocycles. The predicted molar refractivity (Wildman–Crippen MR) is 89.1 cm³/mol. The van der Waals surface area contributed by atoms with E-state index in [4.69, 9.17) is 0 Å². The van der Waals surface area contributed by atoms with Gasteiger partial charge in [-0.05, 0) is 33.8 Å². The van der Waals surface area contributed by atoms with Gasteiger partial charge in [-0.3, -0.25) is 0 Å². The minimum absolute atomic E-state index is 0.171. The molecule has 0 radical (unpaired) electrons. The molecule has 3 heteroatoms. The number of hydrogen-bond donors (Lipinski definition) is 0. The summed E-state index contributed by atoms with van der Waals surface area (Å²) in [5, 5.41) is 4.45. The lowest BCUT2D eigenvalue weighted by molar-refractivity contribution is -0.678. The minimum Gasteiger partial charge on any atom is -0.378 e. The van der Waals surface area contributed by atoms with Crippen molar-refractivity contribution in [3.05, 3.63) is 59.9 Å². The van der Waals surface area contributed by atoms with Crippen LogP contribution >= 0.6 is 0 Å². The fraction of sp³-hybridized carbons (Fsp3) is 0.333. The van der Waals surface area contributed by atoms with Gasteiger partial charge in [0.1, 0.15) is 6.21 Å². The van der Waals surface area contributed by atoms with Gasteiger partial charge in [0.2, 0.25) is 12.4 Å². The monoisotopic (exact) mass is 282 g/mol. The van der Waals surface area contributed by atoms with Crippen molar-refractivity contribution in [2.75, 3.05) is 19.0 Å². The molecule has 0 amide bonds. The summed E-state index contributed by atoms with van der Waals surface area (Å²) in [6.07, 6.45) is 5.85. The first kappa shape index (κ1) is 15.2. The van der Waals surface area contributed by atoms with Crippen molar-refractivity contribution in [1.82, 2.24) is 0 Å². The molecule has 0 bridgehead atoms. The predicted octanol–water partition coefficient (Wildman–Crippen LogP) is 3.22. The van der Waals surface area contributed by atoms with Crippen LogP contribution in [0.1, 0.15) is 31.9 Å². The number of rotatable bonds is 3. The molecule has 2 aromatic rings. The van der Waals surface area contributed by atoms with Gasteiger partial charge in [0, 0.05) is 31.9 Å². The van der Waals surface area contributed by atoms with E-state index in [1.54, 1.807) is 0 Å². The summed E-state index contributed by atoms with van der Waals surface area (Å²) in [6.45, 7) is 6.63. The van der Waals surface area contributed by atoms with Crippen LogP contribution in [0.3, 0.4) is 0 Å². The van der Waals surface area contributed by atoms with Crippen LogP contribution < -0.4 is 9.58 Å². The summed E-state index contributed by atoms with van der Waals surface area (Å²) in [7, 11) is 4.07. The van der Waals surface area contributed by atoms with Gasteiger partial charge in [0.25, 0.3) is 0 Å². The molecule has 0 atom stereocenters. The zero-order chi connectivity index (χ0) is 15.5. The highest BCUT2D eigenvalue weighted by atomic mass is 15.3. The maximum absolute atomic E-state index is 4.45. The maximum Gasteiger partial charge on any atom is 0.202 e. The Morgan fingerprint density at radius 2 is 1.52 bits per heavy atom. The van der Waals surface area contributed by atoms with Crippen molar-refractivity contribution in [2.45, 2.75) is 26.2 Å². The van der Waals surface area contributed by atoms with Crippen molar-refractivity contribution >= 4 is 11.9 Å². The molecular weight excluding hydrogens is 258 g/mol. The highest BCUT2D eigenvalue weighted by Crippen LogP contribution is 2.20. The molecule has 2 rings (SSSR count). The number of pyridine rings is 1. The average Bonchev–Trinajstić information content (AvgIpc) is 2.45. The molecule has 3 nitrogen and oxygen atoms in total. The zero-order valence-corrected chi connectivity index (χ0v) is 13.5. The molecule has 21 heavy (non-hydrogen) atoms. The SMILES string of the molecule is CN(C)c1ccc(C=N[n+]2ccc(C(C)(C)C)cc2)cc1. The standard InChI is InChI=1S/C18H24N3/c1-18(2,3)16-10-12-21(13-11-16)19-14-15-6-8-17(9-7-15)20(4)5/h6-14H,1-5H3/q+1. The number of benzene rings is 1. The van der Waals surface area contributed by atoms with E-state index in [9.17, 15) is 0 Å². The van der Waals surface area contributed by atoms with Crippen molar-refractivity contribution < 1.29 is 4.68 Å². The first-order valence-corrected chi connectivity index (χ1v) is 7.20. The van der Waals surface area contributed by atoms with Gasteiger partial charge >= 0.3 is 0 Å². The van der Waals surface area contributed by atoms with E-state index in [2.05, 4.69) is 67.2 Å². The Kier molecular flexibility index (Phi) is 4.41. The quantitative estimate of drug-likeness (QED) is 0.625. The zero-order valence-electron chi connectivity index (χ0n) is 13.5. The van der Waals surface area contributed by atoms with Crippen molar-refractivity contribution in [1.29, 1.82) is 0 Å². The molecule has 0 aliphatic carbocycles. The summed E-state index contributed by atoms with van der Waals surface area (Å²) in [6, 6.07) is 12.6. The Balaban J connectivity index is 2.10. The third-order valence-electron chi connectivity index (χ3n) is 3.43. The van der Waals surface area contributed by atoms with Crippen molar-refractivity contribution in [3.8, 4) is 0 Å². The summed E-state index contributed by atoms with van der Waals surface area (Å²) in [4.78, 5) is 2.08. The lowest BCUT2D eigenvalue weighted by Crippen LogP contribution is -2.27. The largest absolute Gasteiger partial charge is 0.378 e. The number of hydrogen-bond acceptors (Lipinski definition) is 2. The lowest BCUT2D eigenvalue weighted by atomic mass is 9.88. The highest BCUT2D eigenvalue weighted by molar-refractivity contribution is 5.79. The summed E-state index contributed by atoms with van der Waals surface area (Å²) >= 11 is 0. The van der Waals surface area contributed by atoms with E-state index in [-0.39, 0.29) is 5.41 Å². The molecule has 0 unspecified atom stereocenters. The van der Waals surface area contributed by atoms with Crippen molar-refractivity contribution in [2.24, 2.45) is 5.10 Å². The number of anilines is 1. The van der Waals surface area contributed by atoms with E-state index in [1.165, 1.54) is 11.3 Å². The van der Waals surface area contributed by atoms with Gasteiger partial charge in [0.15, 0.2) is 0 Å². The lowest BCUT2D eigenvalue weighted by Gasteiger charge is -2.16. The van der Waals surface area contributed by atoms with Gasteiger partial charge in [-0.1, -0.05) is 37.6 Å². The van der Waals surface area contributed by atoms with Gasteiger partial charge in [-0.15, -0.1) is 0 Å². The Morgan fingerprint density at radius 1 is 0.952 bits per heavy atom. The first-order valence-electron chi connectivity index (χ1n) is 7.20. The number of aromatic nitrogens is 1. The van der Waals surface area contributed by atoms with Crippen LogP contribution in [0, 0.1) is 0 Å². The topological polar surface area (TPSA) is 19.5 Å². The molecule has 0 aliphatic rings. The van der Waals surface area contributed by atoms with E-state index >= 15 is 0 Å². The summed E-state index contributed by atoms with van der Waals surface area (Å²) < 4.78 is 1.83. The average molecular weight is 282 g/mol. The molecule has 110 valence electrons.